The lowest BCUT2D eigenvalue weighted by molar-refractivity contribution is -0.119. The molecular weight excluding hydrogens is 506 g/mol. The zero-order valence-electron chi connectivity index (χ0n) is 17.4. The Balaban J connectivity index is 1.64. The second-order valence-corrected chi connectivity index (χ2v) is 10.7. The summed E-state index contributed by atoms with van der Waals surface area (Å²) in [4.78, 5) is 12.5. The largest absolute Gasteiger partial charge is 0.354 e. The number of anilines is 1. The highest BCUT2D eigenvalue weighted by Crippen LogP contribution is 2.28. The molecule has 0 aliphatic carbocycles. The summed E-state index contributed by atoms with van der Waals surface area (Å²) in [5, 5.41) is 3.84. The molecule has 10 heteroatoms. The van der Waals surface area contributed by atoms with Gasteiger partial charge in [0, 0.05) is 28.1 Å². The van der Waals surface area contributed by atoms with Gasteiger partial charge in [0.1, 0.15) is 12.4 Å². The van der Waals surface area contributed by atoms with E-state index in [1.165, 1.54) is 42.1 Å². The molecule has 174 valence electrons. The lowest BCUT2D eigenvalue weighted by Gasteiger charge is -2.24. The minimum Gasteiger partial charge on any atom is -0.354 e. The van der Waals surface area contributed by atoms with Gasteiger partial charge in [0.05, 0.1) is 10.6 Å². The molecule has 0 atom stereocenters. The van der Waals surface area contributed by atoms with Gasteiger partial charge in [0.25, 0.3) is 10.0 Å². The third-order valence-electron chi connectivity index (χ3n) is 4.62. The van der Waals surface area contributed by atoms with Crippen LogP contribution in [0.25, 0.3) is 0 Å². The molecule has 3 aromatic carbocycles. The van der Waals surface area contributed by atoms with Crippen LogP contribution in [0, 0.1) is 5.82 Å². The number of nitrogens with one attached hydrogen (secondary N) is 1. The summed E-state index contributed by atoms with van der Waals surface area (Å²) in [6.07, 6.45) is 0. The second-order valence-electron chi connectivity index (χ2n) is 6.88. The topological polar surface area (TPSA) is 66.5 Å². The van der Waals surface area contributed by atoms with Gasteiger partial charge < -0.3 is 5.32 Å². The number of rotatable bonds is 10. The Labute approximate surface area is 206 Å². The summed E-state index contributed by atoms with van der Waals surface area (Å²) in [6.45, 7) is -0.263. The van der Waals surface area contributed by atoms with Gasteiger partial charge in [-0.15, -0.1) is 0 Å². The first-order chi connectivity index (χ1) is 15.8. The summed E-state index contributed by atoms with van der Waals surface area (Å²) < 4.78 is 41.6. The van der Waals surface area contributed by atoms with Crippen molar-refractivity contribution in [2.75, 3.05) is 23.1 Å². The van der Waals surface area contributed by atoms with E-state index in [2.05, 4.69) is 5.32 Å². The first kappa shape index (κ1) is 25.4. The molecule has 33 heavy (non-hydrogen) atoms. The average Bonchev–Trinajstić information content (AvgIpc) is 2.80. The van der Waals surface area contributed by atoms with Crippen LogP contribution in [0.3, 0.4) is 0 Å². The second kappa shape index (κ2) is 11.7. The van der Waals surface area contributed by atoms with Gasteiger partial charge in [-0.25, -0.2) is 12.8 Å². The van der Waals surface area contributed by atoms with Crippen LogP contribution in [0.5, 0.6) is 0 Å². The minimum atomic E-state index is -4.15. The van der Waals surface area contributed by atoms with Crippen molar-refractivity contribution >= 4 is 56.6 Å². The van der Waals surface area contributed by atoms with Gasteiger partial charge in [-0.3, -0.25) is 9.10 Å². The van der Waals surface area contributed by atoms with Crippen LogP contribution in [0.2, 0.25) is 10.0 Å². The van der Waals surface area contributed by atoms with Crippen molar-refractivity contribution in [3.8, 4) is 0 Å². The van der Waals surface area contributed by atoms with Crippen LogP contribution in [0.15, 0.2) is 77.7 Å². The number of benzene rings is 3. The standard InChI is InChI=1S/C23H21Cl2FN2O3S2/c24-19-9-6-10-20(25)18(19)16-32-14-13-27-23(29)15-28(22-12-5-4-11-21(22)26)33(30,31)17-7-2-1-3-8-17/h1-12H,13-16H2,(H,27,29). The maximum atomic E-state index is 14.5. The highest BCUT2D eigenvalue weighted by atomic mass is 35.5. The van der Waals surface area contributed by atoms with E-state index in [0.717, 1.165) is 15.9 Å². The molecule has 0 saturated carbocycles. The van der Waals surface area contributed by atoms with Crippen LogP contribution in [0.1, 0.15) is 5.56 Å². The molecule has 0 radical (unpaired) electrons. The average molecular weight is 527 g/mol. The molecule has 0 fully saturated rings. The molecule has 5 nitrogen and oxygen atoms in total. The number of hydrogen-bond donors (Lipinski definition) is 1. The first-order valence-electron chi connectivity index (χ1n) is 9.90. The van der Waals surface area contributed by atoms with Crippen LogP contribution in [-0.4, -0.2) is 33.2 Å². The SMILES string of the molecule is O=C(CN(c1ccccc1F)S(=O)(=O)c1ccccc1)NCCSCc1c(Cl)cccc1Cl. The Hall–Kier alpha value is -2.26. The monoisotopic (exact) mass is 526 g/mol. The lowest BCUT2D eigenvalue weighted by atomic mass is 10.2. The van der Waals surface area contributed by atoms with E-state index in [0.29, 0.717) is 28.1 Å². The fraction of sp³-hybridized carbons (Fsp3) is 0.174. The molecule has 0 aliphatic rings. The van der Waals surface area contributed by atoms with Crippen molar-refractivity contribution < 1.29 is 17.6 Å². The zero-order valence-corrected chi connectivity index (χ0v) is 20.5. The van der Waals surface area contributed by atoms with Gasteiger partial charge in [-0.2, -0.15) is 11.8 Å². The smallest absolute Gasteiger partial charge is 0.264 e. The van der Waals surface area contributed by atoms with E-state index < -0.39 is 28.3 Å². The quantitative estimate of drug-likeness (QED) is 0.360. The van der Waals surface area contributed by atoms with Crippen LogP contribution < -0.4 is 9.62 Å². The van der Waals surface area contributed by atoms with Crippen molar-refractivity contribution in [3.63, 3.8) is 0 Å². The minimum absolute atomic E-state index is 0.0340. The van der Waals surface area contributed by atoms with Crippen molar-refractivity contribution in [2.45, 2.75) is 10.6 Å². The predicted octanol–water partition coefficient (Wildman–Crippen LogP) is 5.38. The van der Waals surface area contributed by atoms with E-state index in [1.54, 1.807) is 36.4 Å². The molecule has 0 aromatic heterocycles. The molecule has 0 spiro atoms. The first-order valence-corrected chi connectivity index (χ1v) is 13.3. The van der Waals surface area contributed by atoms with Gasteiger partial charge in [-0.05, 0) is 42.0 Å². The summed E-state index contributed by atoms with van der Waals surface area (Å²) in [5.74, 6) is -0.164. The Morgan fingerprint density at radius 1 is 0.939 bits per heavy atom. The van der Waals surface area contributed by atoms with Crippen molar-refractivity contribution in [3.05, 3.63) is 94.2 Å². The molecule has 1 N–H and O–H groups in total. The van der Waals surface area contributed by atoms with Crippen LogP contribution in [0.4, 0.5) is 10.1 Å². The van der Waals surface area contributed by atoms with Crippen molar-refractivity contribution in [1.82, 2.24) is 5.32 Å². The van der Waals surface area contributed by atoms with Crippen LogP contribution >= 0.6 is 35.0 Å². The fourth-order valence-electron chi connectivity index (χ4n) is 2.97. The highest BCUT2D eigenvalue weighted by molar-refractivity contribution is 7.98. The normalized spacial score (nSPS) is 11.2. The molecule has 3 rings (SSSR count). The Morgan fingerprint density at radius 3 is 2.24 bits per heavy atom. The Bertz CT molecular complexity index is 1190. The number of halogens is 3. The molecule has 0 unspecified atom stereocenters. The molecule has 0 saturated heterocycles. The van der Waals surface area contributed by atoms with Gasteiger partial charge in [0.2, 0.25) is 5.91 Å². The number of thioether (sulfide) groups is 1. The third-order valence-corrected chi connectivity index (χ3v) is 8.08. The molecular formula is C23H21Cl2FN2O3S2. The molecule has 3 aromatic rings. The number of hydrogen-bond acceptors (Lipinski definition) is 4. The maximum absolute atomic E-state index is 14.5. The van der Waals surface area contributed by atoms with E-state index in [1.807, 2.05) is 0 Å². The number of carbonyl (C=O) groups excluding carboxylic acids is 1. The zero-order chi connectivity index (χ0) is 23.8. The number of amides is 1. The Morgan fingerprint density at radius 2 is 1.58 bits per heavy atom. The molecule has 1 amide bonds. The predicted molar refractivity (Wildman–Crippen MR) is 133 cm³/mol. The Kier molecular flexibility index (Phi) is 9.02. The molecule has 0 aliphatic heterocycles. The third kappa shape index (κ3) is 6.63. The summed E-state index contributed by atoms with van der Waals surface area (Å²) in [6, 6.07) is 18.3. The van der Waals surface area contributed by atoms with E-state index in [4.69, 9.17) is 23.2 Å². The maximum Gasteiger partial charge on any atom is 0.264 e. The van der Waals surface area contributed by atoms with Gasteiger partial charge in [0.15, 0.2) is 0 Å². The number of nitrogens with zero attached hydrogens (tertiary/aromatic N) is 1. The van der Waals surface area contributed by atoms with Gasteiger partial charge in [-0.1, -0.05) is 59.6 Å². The highest BCUT2D eigenvalue weighted by Gasteiger charge is 2.28. The summed E-state index contributed by atoms with van der Waals surface area (Å²) in [5.41, 5.74) is 0.621. The summed E-state index contributed by atoms with van der Waals surface area (Å²) >= 11 is 13.8. The molecule has 0 bridgehead atoms. The number of sulfonamides is 1. The number of carbonyl (C=O) groups is 1. The fourth-order valence-corrected chi connectivity index (χ4v) is 6.01. The van der Waals surface area contributed by atoms with E-state index in [9.17, 15) is 17.6 Å². The van der Waals surface area contributed by atoms with Gasteiger partial charge >= 0.3 is 0 Å². The van der Waals surface area contributed by atoms with Crippen LogP contribution in [-0.2, 0) is 20.6 Å². The molecule has 0 heterocycles. The van der Waals surface area contributed by atoms with E-state index >= 15 is 0 Å². The number of para-hydroxylation sites is 1. The lowest BCUT2D eigenvalue weighted by Crippen LogP contribution is -2.41. The van der Waals surface area contributed by atoms with E-state index in [-0.39, 0.29) is 10.6 Å². The summed E-state index contributed by atoms with van der Waals surface area (Å²) in [7, 11) is -4.15. The van der Waals surface area contributed by atoms with Crippen molar-refractivity contribution in [1.29, 1.82) is 0 Å². The van der Waals surface area contributed by atoms with Crippen molar-refractivity contribution in [2.24, 2.45) is 0 Å².